The lowest BCUT2D eigenvalue weighted by molar-refractivity contribution is -0.664. The fraction of sp³-hybridized carbons (Fsp3) is 0.360. The highest BCUT2D eigenvalue weighted by Gasteiger charge is 2.53. The topological polar surface area (TPSA) is 261 Å². The number of nitrogen functional groups attached to an aromatic ring is 2. The van der Waals surface area contributed by atoms with Gasteiger partial charge in [-0.3, -0.25) is 19.1 Å². The maximum atomic E-state index is 13.3. The molecule has 3 aromatic heterocycles. The summed E-state index contributed by atoms with van der Waals surface area (Å²) in [7, 11) is 0. The number of β-lactam (4-membered cyclic amide) rings is 1. The number of hydrogen-bond acceptors (Lipinski definition) is 14. The molecule has 0 bridgehead atoms. The van der Waals surface area contributed by atoms with Gasteiger partial charge >= 0.3 is 17.6 Å². The van der Waals surface area contributed by atoms with Crippen molar-refractivity contribution in [2.45, 2.75) is 50.5 Å². The summed E-state index contributed by atoms with van der Waals surface area (Å²) in [6.07, 6.45) is 0.289. The second-order valence-corrected chi connectivity index (χ2v) is 12.9. The van der Waals surface area contributed by atoms with Crippen LogP contribution in [0.25, 0.3) is 11.2 Å². The minimum atomic E-state index is -1.56. The molecule has 0 aliphatic carbocycles. The molecular weight excluding hydrogens is 652 g/mol. The molecule has 5 heterocycles. The summed E-state index contributed by atoms with van der Waals surface area (Å²) in [6.45, 7) is 3.51. The monoisotopic (exact) mass is 678 g/mol. The number of carbonyl (C=O) groups excluding carboxylic acids is 3. The summed E-state index contributed by atoms with van der Waals surface area (Å²) >= 11 is 8.23. The number of aromatic nitrogens is 4. The van der Waals surface area contributed by atoms with Crippen molar-refractivity contribution in [3.05, 3.63) is 39.6 Å². The molecule has 45 heavy (non-hydrogen) atoms. The van der Waals surface area contributed by atoms with Crippen LogP contribution in [0, 0.1) is 0 Å². The number of pyridine rings is 1. The first kappa shape index (κ1) is 31.9. The third-order valence-corrected chi connectivity index (χ3v) is 9.28. The molecule has 0 saturated carbocycles. The molecular formula is C25H27ClN10O7S2. The van der Waals surface area contributed by atoms with Crippen LogP contribution in [0.1, 0.15) is 19.5 Å². The van der Waals surface area contributed by atoms with Crippen molar-refractivity contribution < 1.29 is 38.8 Å². The van der Waals surface area contributed by atoms with Gasteiger partial charge in [-0.1, -0.05) is 28.1 Å². The van der Waals surface area contributed by atoms with Crippen LogP contribution < -0.4 is 32.2 Å². The SMILES string of the molecule is C[C@H](N)Cn1c(N)nc2c1ccc[n+]2CC1=C(C(=O)[O-])N2C(=O)C(NC(=O)/C(=N\O[C@@H](C)C(=O)O)c3nc(N)sc3Cl)C2SC1. The smallest absolute Gasteiger partial charge is 0.351 e. The van der Waals surface area contributed by atoms with Crippen LogP contribution in [0.3, 0.4) is 0 Å². The van der Waals surface area contributed by atoms with Crippen molar-refractivity contribution in [2.24, 2.45) is 10.9 Å². The largest absolute Gasteiger partial charge is 0.543 e. The number of carboxylic acids is 2. The number of carbonyl (C=O) groups is 4. The number of nitrogens with two attached hydrogens (primary N) is 3. The summed E-state index contributed by atoms with van der Waals surface area (Å²) in [5.41, 5.74) is 18.4. The van der Waals surface area contributed by atoms with Crippen LogP contribution in [0.4, 0.5) is 11.1 Å². The fourth-order valence-corrected chi connectivity index (χ4v) is 7.07. The highest BCUT2D eigenvalue weighted by atomic mass is 35.5. The molecule has 2 aliphatic rings. The van der Waals surface area contributed by atoms with Crippen molar-refractivity contribution in [1.82, 2.24) is 24.8 Å². The number of thiazole rings is 1. The van der Waals surface area contributed by atoms with Crippen molar-refractivity contribution in [3.63, 3.8) is 0 Å². The van der Waals surface area contributed by atoms with E-state index in [0.717, 1.165) is 16.2 Å². The van der Waals surface area contributed by atoms with Gasteiger partial charge in [-0.05, 0) is 31.0 Å². The summed E-state index contributed by atoms with van der Waals surface area (Å²) in [5.74, 6) is -4.17. The average Bonchev–Trinajstić information content (AvgIpc) is 3.48. The summed E-state index contributed by atoms with van der Waals surface area (Å²) in [4.78, 5) is 64.5. The van der Waals surface area contributed by atoms with Crippen LogP contribution in [0.2, 0.25) is 4.34 Å². The van der Waals surface area contributed by atoms with Gasteiger partial charge in [-0.15, -0.1) is 11.8 Å². The lowest BCUT2D eigenvalue weighted by Gasteiger charge is -2.50. The Labute approximate surface area is 267 Å². The summed E-state index contributed by atoms with van der Waals surface area (Å²) < 4.78 is 3.46. The molecule has 2 unspecified atom stereocenters. The molecule has 0 aromatic carbocycles. The van der Waals surface area contributed by atoms with Crippen LogP contribution in [0.15, 0.2) is 34.8 Å². The normalized spacial score (nSPS) is 19.6. The maximum absolute atomic E-state index is 13.3. The number of fused-ring (bicyclic) bond motifs is 2. The van der Waals surface area contributed by atoms with E-state index < -0.39 is 47.0 Å². The zero-order valence-electron chi connectivity index (χ0n) is 23.7. The van der Waals surface area contributed by atoms with Crippen molar-refractivity contribution in [3.8, 4) is 0 Å². The van der Waals surface area contributed by atoms with Gasteiger partial charge in [0.05, 0.1) is 17.9 Å². The molecule has 2 aliphatic heterocycles. The minimum absolute atomic E-state index is 0.00346. The first-order chi connectivity index (χ1) is 21.3. The Balaban J connectivity index is 1.40. The van der Waals surface area contributed by atoms with E-state index >= 15 is 0 Å². The number of nitrogens with zero attached hydrogens (tertiary/aromatic N) is 6. The number of nitrogens with one attached hydrogen (secondary N) is 1. The number of amides is 2. The third-order valence-electron chi connectivity index (χ3n) is 6.86. The molecule has 20 heteroatoms. The van der Waals surface area contributed by atoms with Crippen molar-refractivity contribution >= 4 is 86.4 Å². The molecule has 5 rings (SSSR count). The zero-order chi connectivity index (χ0) is 32.7. The molecule has 2 amide bonds. The Bertz CT molecular complexity index is 1790. The summed E-state index contributed by atoms with van der Waals surface area (Å²) in [5, 5.41) is 26.8. The molecule has 8 N–H and O–H groups in total. The van der Waals surface area contributed by atoms with Gasteiger partial charge in [0.15, 0.2) is 10.8 Å². The number of rotatable bonds is 11. The second kappa shape index (κ2) is 12.5. The highest BCUT2D eigenvalue weighted by Crippen LogP contribution is 2.40. The molecule has 4 atom stereocenters. The van der Waals surface area contributed by atoms with E-state index in [2.05, 4.69) is 20.4 Å². The van der Waals surface area contributed by atoms with Crippen molar-refractivity contribution in [1.29, 1.82) is 0 Å². The first-order valence-corrected chi connectivity index (χ1v) is 15.5. The molecule has 3 aromatic rings. The Hall–Kier alpha value is -4.46. The second-order valence-electron chi connectivity index (χ2n) is 10.2. The number of oxime groups is 1. The Morgan fingerprint density at radius 3 is 2.69 bits per heavy atom. The number of aliphatic carboxylic acids is 2. The Kier molecular flexibility index (Phi) is 8.88. The minimum Gasteiger partial charge on any atom is -0.543 e. The fourth-order valence-electron chi connectivity index (χ4n) is 4.80. The van der Waals surface area contributed by atoms with E-state index in [1.54, 1.807) is 21.4 Å². The van der Waals surface area contributed by atoms with Gasteiger partial charge in [0.2, 0.25) is 6.10 Å². The van der Waals surface area contributed by atoms with Crippen molar-refractivity contribution in [2.75, 3.05) is 17.2 Å². The molecule has 17 nitrogen and oxygen atoms in total. The Morgan fingerprint density at radius 1 is 1.33 bits per heavy atom. The lowest BCUT2D eigenvalue weighted by atomic mass is 10.0. The molecule has 0 radical (unpaired) electrons. The molecule has 0 spiro atoms. The number of carboxylic acid groups (broad SMARTS) is 2. The summed E-state index contributed by atoms with van der Waals surface area (Å²) in [6, 6.07) is 2.23. The zero-order valence-corrected chi connectivity index (χ0v) is 26.1. The standard InChI is InChI=1S/C25H27ClN10O7S2/c1-9(27)6-35-12-4-3-5-34(18(12)32-24(35)28)7-11-8-44-21-15(20(38)36(21)16(11)23(41)42)30-19(37)14(33-43-10(2)22(39)40)13-17(26)45-25(29)31-13/h3-5,9-10,15,21,28H,6-8,27H2,1-2H3,(H5,29,30,31,37,39,40,41,42)/b33-14-/t9-,10-,15?,21?/m0/s1. The van der Waals surface area contributed by atoms with Gasteiger partial charge < -0.3 is 42.4 Å². The van der Waals surface area contributed by atoms with E-state index in [9.17, 15) is 24.3 Å². The number of halogens is 1. The maximum Gasteiger partial charge on any atom is 0.351 e. The molecule has 1 saturated heterocycles. The van der Waals surface area contributed by atoms with Gasteiger partial charge in [-0.2, -0.15) is 0 Å². The number of hydrogen-bond donors (Lipinski definition) is 5. The van der Waals surface area contributed by atoms with Crippen LogP contribution in [-0.4, -0.2) is 83.3 Å². The Morgan fingerprint density at radius 2 is 2.07 bits per heavy atom. The van der Waals surface area contributed by atoms with Gasteiger partial charge in [-0.25, -0.2) is 14.3 Å². The third kappa shape index (κ3) is 6.10. The van der Waals surface area contributed by atoms with Crippen LogP contribution >= 0.6 is 34.7 Å². The van der Waals surface area contributed by atoms with Gasteiger partial charge in [0.25, 0.3) is 11.8 Å². The van der Waals surface area contributed by atoms with E-state index in [4.69, 9.17) is 38.7 Å². The van der Waals surface area contributed by atoms with Gasteiger partial charge in [0.1, 0.15) is 33.5 Å². The van der Waals surface area contributed by atoms with E-state index in [-0.39, 0.29) is 45.1 Å². The van der Waals surface area contributed by atoms with E-state index in [0.29, 0.717) is 23.3 Å². The number of thioether (sulfide) groups is 1. The molecule has 238 valence electrons. The lowest BCUT2D eigenvalue weighted by Crippen LogP contribution is -2.71. The highest BCUT2D eigenvalue weighted by molar-refractivity contribution is 8.00. The van der Waals surface area contributed by atoms with Crippen LogP contribution in [-0.2, 0) is 37.1 Å². The van der Waals surface area contributed by atoms with Crippen LogP contribution in [0.5, 0.6) is 0 Å². The predicted molar refractivity (Wildman–Crippen MR) is 161 cm³/mol. The van der Waals surface area contributed by atoms with E-state index in [1.807, 2.05) is 13.0 Å². The van der Waals surface area contributed by atoms with Gasteiger partial charge in [0, 0.05) is 23.9 Å². The predicted octanol–water partition coefficient (Wildman–Crippen LogP) is -1.76. The quantitative estimate of drug-likeness (QED) is 0.0652. The van der Waals surface area contributed by atoms with E-state index in [1.165, 1.54) is 18.7 Å². The molecule has 1 fully saturated rings. The first-order valence-electron chi connectivity index (χ1n) is 13.3. The average molecular weight is 679 g/mol. The number of imidazole rings is 1. The number of anilines is 2.